The van der Waals surface area contributed by atoms with Crippen molar-refractivity contribution >= 4 is 23.3 Å². The SMILES string of the molecule is CCCN1C(=O)N(c2ccccc2)C(=O)C2CNN(c3ccccc3)C21. The predicted molar refractivity (Wildman–Crippen MR) is 101 cm³/mol. The van der Waals surface area contributed by atoms with Crippen LogP contribution in [0.25, 0.3) is 0 Å². The van der Waals surface area contributed by atoms with E-state index in [0.717, 1.165) is 12.1 Å². The number of rotatable bonds is 4. The highest BCUT2D eigenvalue weighted by molar-refractivity contribution is 6.17. The summed E-state index contributed by atoms with van der Waals surface area (Å²) in [6.45, 7) is 3.15. The summed E-state index contributed by atoms with van der Waals surface area (Å²) in [4.78, 5) is 29.5. The molecule has 0 aliphatic carbocycles. The number of hydrazine groups is 1. The maximum atomic E-state index is 13.2. The van der Waals surface area contributed by atoms with Gasteiger partial charge in [0.05, 0.1) is 17.3 Å². The van der Waals surface area contributed by atoms with Crippen LogP contribution in [0.15, 0.2) is 60.7 Å². The van der Waals surface area contributed by atoms with Crippen LogP contribution in [0.5, 0.6) is 0 Å². The maximum Gasteiger partial charge on any atom is 0.333 e. The highest BCUT2D eigenvalue weighted by Gasteiger charge is 2.52. The lowest BCUT2D eigenvalue weighted by atomic mass is 10.0. The Bertz CT molecular complexity index is 796. The number of urea groups is 1. The molecule has 0 spiro atoms. The summed E-state index contributed by atoms with van der Waals surface area (Å²) >= 11 is 0. The van der Waals surface area contributed by atoms with Crippen molar-refractivity contribution < 1.29 is 9.59 Å². The van der Waals surface area contributed by atoms with Gasteiger partial charge in [0.25, 0.3) is 0 Å². The smallest absolute Gasteiger partial charge is 0.301 e. The fraction of sp³-hybridized carbons (Fsp3) is 0.300. The van der Waals surface area contributed by atoms with E-state index in [1.165, 1.54) is 4.90 Å². The summed E-state index contributed by atoms with van der Waals surface area (Å²) in [5, 5.41) is 1.96. The van der Waals surface area contributed by atoms with Gasteiger partial charge < -0.3 is 4.90 Å². The first kappa shape index (κ1) is 16.6. The van der Waals surface area contributed by atoms with Crippen molar-refractivity contribution in [3.63, 3.8) is 0 Å². The summed E-state index contributed by atoms with van der Waals surface area (Å²) in [5.41, 5.74) is 4.90. The largest absolute Gasteiger partial charge is 0.333 e. The molecule has 4 rings (SSSR count). The summed E-state index contributed by atoms with van der Waals surface area (Å²) in [6.07, 6.45) is 0.520. The quantitative estimate of drug-likeness (QED) is 0.921. The van der Waals surface area contributed by atoms with Crippen LogP contribution < -0.4 is 15.3 Å². The van der Waals surface area contributed by atoms with Crippen molar-refractivity contribution in [3.8, 4) is 0 Å². The van der Waals surface area contributed by atoms with Gasteiger partial charge in [-0.2, -0.15) is 0 Å². The third kappa shape index (κ3) is 2.63. The molecule has 2 aliphatic heterocycles. The Balaban J connectivity index is 1.73. The molecule has 2 unspecified atom stereocenters. The maximum absolute atomic E-state index is 13.2. The monoisotopic (exact) mass is 350 g/mol. The molecule has 2 heterocycles. The first-order valence-corrected chi connectivity index (χ1v) is 8.99. The van der Waals surface area contributed by atoms with E-state index < -0.39 is 0 Å². The number of para-hydroxylation sites is 2. The number of amides is 3. The molecule has 2 fully saturated rings. The number of carbonyl (C=O) groups is 2. The van der Waals surface area contributed by atoms with Crippen LogP contribution in [0, 0.1) is 5.92 Å². The van der Waals surface area contributed by atoms with Crippen LogP contribution >= 0.6 is 0 Å². The number of nitrogens with one attached hydrogen (secondary N) is 1. The van der Waals surface area contributed by atoms with Crippen LogP contribution in [0.3, 0.4) is 0 Å². The molecule has 0 radical (unpaired) electrons. The third-order valence-electron chi connectivity index (χ3n) is 4.91. The van der Waals surface area contributed by atoms with Crippen LogP contribution in [-0.4, -0.2) is 36.1 Å². The number of hydrogen-bond acceptors (Lipinski definition) is 4. The Hall–Kier alpha value is -2.86. The highest BCUT2D eigenvalue weighted by atomic mass is 16.2. The van der Waals surface area contributed by atoms with Crippen LogP contribution in [0.2, 0.25) is 0 Å². The van der Waals surface area contributed by atoms with Crippen LogP contribution in [0.1, 0.15) is 13.3 Å². The Labute approximate surface area is 153 Å². The second kappa shape index (κ2) is 6.80. The summed E-state index contributed by atoms with van der Waals surface area (Å²) in [5.74, 6) is -0.454. The Morgan fingerprint density at radius 1 is 0.962 bits per heavy atom. The molecular formula is C20H22N4O2. The van der Waals surface area contributed by atoms with Crippen molar-refractivity contribution in [3.05, 3.63) is 60.7 Å². The number of imide groups is 1. The van der Waals surface area contributed by atoms with E-state index in [2.05, 4.69) is 5.43 Å². The van der Waals surface area contributed by atoms with Crippen LogP contribution in [-0.2, 0) is 4.79 Å². The minimum Gasteiger partial charge on any atom is -0.301 e. The Kier molecular flexibility index (Phi) is 4.34. The Morgan fingerprint density at radius 3 is 2.19 bits per heavy atom. The molecule has 2 saturated heterocycles. The molecule has 2 aromatic carbocycles. The summed E-state index contributed by atoms with van der Waals surface area (Å²) in [7, 11) is 0. The minimum absolute atomic E-state index is 0.149. The lowest BCUT2D eigenvalue weighted by molar-refractivity contribution is -0.124. The zero-order chi connectivity index (χ0) is 18.1. The first-order chi connectivity index (χ1) is 12.7. The molecule has 2 aromatic rings. The number of nitrogens with zero attached hydrogens (tertiary/aromatic N) is 3. The van der Waals surface area contributed by atoms with Gasteiger partial charge in [0, 0.05) is 13.1 Å². The van der Waals surface area contributed by atoms with Gasteiger partial charge in [0.1, 0.15) is 6.17 Å². The van der Waals surface area contributed by atoms with E-state index in [-0.39, 0.29) is 24.0 Å². The van der Waals surface area contributed by atoms with Gasteiger partial charge in [0.15, 0.2) is 0 Å². The van der Waals surface area contributed by atoms with E-state index in [9.17, 15) is 9.59 Å². The Morgan fingerprint density at radius 2 is 1.58 bits per heavy atom. The van der Waals surface area contributed by atoms with E-state index in [1.807, 2.05) is 65.4 Å². The molecule has 6 heteroatoms. The lowest BCUT2D eigenvalue weighted by Crippen LogP contribution is -2.65. The van der Waals surface area contributed by atoms with Gasteiger partial charge in [-0.25, -0.2) is 15.1 Å². The second-order valence-corrected chi connectivity index (χ2v) is 6.57. The number of benzene rings is 2. The summed E-state index contributed by atoms with van der Waals surface area (Å²) in [6, 6.07) is 18.7. The zero-order valence-electron chi connectivity index (χ0n) is 14.7. The van der Waals surface area contributed by atoms with Crippen molar-refractivity contribution in [1.82, 2.24) is 10.3 Å². The second-order valence-electron chi connectivity index (χ2n) is 6.57. The standard InChI is InChI=1S/C20H22N4O2/c1-2-13-22-18-17(14-21-24(18)16-11-7-4-8-12-16)19(25)23(20(22)26)15-9-5-3-6-10-15/h3-12,17-18,21H,2,13-14H2,1H3. The number of anilines is 2. The molecule has 3 amide bonds. The minimum atomic E-state index is -0.308. The molecule has 26 heavy (non-hydrogen) atoms. The molecule has 0 saturated carbocycles. The average Bonchev–Trinajstić information content (AvgIpc) is 3.12. The molecule has 134 valence electrons. The zero-order valence-corrected chi connectivity index (χ0v) is 14.7. The number of hydrogen-bond donors (Lipinski definition) is 1. The number of fused-ring (bicyclic) bond motifs is 1. The highest BCUT2D eigenvalue weighted by Crippen LogP contribution is 2.34. The van der Waals surface area contributed by atoms with E-state index >= 15 is 0 Å². The number of carbonyl (C=O) groups excluding carboxylic acids is 2. The molecule has 0 aromatic heterocycles. The molecule has 0 bridgehead atoms. The molecule has 2 atom stereocenters. The normalized spacial score (nSPS) is 22.7. The molecule has 2 aliphatic rings. The molecule has 1 N–H and O–H groups in total. The van der Waals surface area contributed by atoms with E-state index in [4.69, 9.17) is 0 Å². The van der Waals surface area contributed by atoms with Gasteiger partial charge in [-0.15, -0.1) is 0 Å². The van der Waals surface area contributed by atoms with Crippen molar-refractivity contribution in [1.29, 1.82) is 0 Å². The van der Waals surface area contributed by atoms with Gasteiger partial charge in [-0.05, 0) is 30.7 Å². The average molecular weight is 350 g/mol. The fourth-order valence-corrected chi connectivity index (χ4v) is 3.76. The van der Waals surface area contributed by atoms with Gasteiger partial charge in [0.2, 0.25) is 5.91 Å². The third-order valence-corrected chi connectivity index (χ3v) is 4.91. The van der Waals surface area contributed by atoms with Crippen LogP contribution in [0.4, 0.5) is 16.2 Å². The van der Waals surface area contributed by atoms with Crippen molar-refractivity contribution in [2.24, 2.45) is 5.92 Å². The van der Waals surface area contributed by atoms with E-state index in [0.29, 0.717) is 18.8 Å². The molecule has 6 nitrogen and oxygen atoms in total. The van der Waals surface area contributed by atoms with Gasteiger partial charge in [-0.1, -0.05) is 43.3 Å². The topological polar surface area (TPSA) is 55.9 Å². The summed E-state index contributed by atoms with van der Waals surface area (Å²) < 4.78 is 0. The first-order valence-electron chi connectivity index (χ1n) is 8.99. The van der Waals surface area contributed by atoms with Gasteiger partial charge in [-0.3, -0.25) is 9.80 Å². The van der Waals surface area contributed by atoms with Crippen molar-refractivity contribution in [2.45, 2.75) is 19.5 Å². The molecular weight excluding hydrogens is 328 g/mol. The van der Waals surface area contributed by atoms with Gasteiger partial charge >= 0.3 is 6.03 Å². The van der Waals surface area contributed by atoms with E-state index in [1.54, 1.807) is 12.1 Å². The lowest BCUT2D eigenvalue weighted by Gasteiger charge is -2.44. The predicted octanol–water partition coefficient (Wildman–Crippen LogP) is 2.83. The van der Waals surface area contributed by atoms with Crippen molar-refractivity contribution in [2.75, 3.05) is 23.0 Å². The fourth-order valence-electron chi connectivity index (χ4n) is 3.76.